The van der Waals surface area contributed by atoms with Crippen LogP contribution in [0, 0.1) is 6.92 Å². The van der Waals surface area contributed by atoms with Gasteiger partial charge >= 0.3 is 5.97 Å². The van der Waals surface area contributed by atoms with Gasteiger partial charge in [0.05, 0.1) is 0 Å². The van der Waals surface area contributed by atoms with Crippen molar-refractivity contribution in [3.63, 3.8) is 0 Å². The number of aliphatic carboxylic acids is 1. The fourth-order valence-corrected chi connectivity index (χ4v) is 1.98. The summed E-state index contributed by atoms with van der Waals surface area (Å²) in [5.41, 5.74) is 1.00. The number of rotatable bonds is 5. The molecule has 1 aromatic rings. The van der Waals surface area contributed by atoms with Crippen LogP contribution in [0.1, 0.15) is 31.4 Å². The molecule has 1 N–H and O–H groups in total. The lowest BCUT2D eigenvalue weighted by Crippen LogP contribution is -2.50. The van der Waals surface area contributed by atoms with Crippen molar-refractivity contribution < 1.29 is 14.7 Å². The zero-order valence-corrected chi connectivity index (χ0v) is 13.8. The fraction of sp³-hybridized carbons (Fsp3) is 0.467. The van der Waals surface area contributed by atoms with Crippen molar-refractivity contribution in [3.8, 4) is 0 Å². The van der Waals surface area contributed by atoms with E-state index in [-0.39, 0.29) is 5.91 Å². The van der Waals surface area contributed by atoms with Crippen LogP contribution in [-0.2, 0) is 16.0 Å². The van der Waals surface area contributed by atoms with Crippen molar-refractivity contribution in [1.82, 2.24) is 4.90 Å². The van der Waals surface area contributed by atoms with E-state index < -0.39 is 11.5 Å². The molecule has 1 rings (SSSR count). The van der Waals surface area contributed by atoms with Crippen molar-refractivity contribution in [3.05, 3.63) is 33.8 Å². The van der Waals surface area contributed by atoms with Gasteiger partial charge in [-0.25, -0.2) is 4.79 Å². The first-order chi connectivity index (χ1) is 9.16. The van der Waals surface area contributed by atoms with Crippen molar-refractivity contribution in [2.75, 3.05) is 7.05 Å². The monoisotopic (exact) mass is 341 g/mol. The van der Waals surface area contributed by atoms with Gasteiger partial charge in [-0.15, -0.1) is 0 Å². The maximum Gasteiger partial charge on any atom is 0.329 e. The van der Waals surface area contributed by atoms with E-state index in [0.29, 0.717) is 12.8 Å². The van der Waals surface area contributed by atoms with Gasteiger partial charge < -0.3 is 10.0 Å². The maximum atomic E-state index is 12.1. The Hall–Kier alpha value is -1.36. The van der Waals surface area contributed by atoms with Crippen LogP contribution in [0.25, 0.3) is 0 Å². The Kier molecular flexibility index (Phi) is 5.34. The standard InChI is InChI=1S/C15H20BrNO3/c1-10-9-11(5-7-12(10)16)6-8-13(18)17(4)15(2,3)14(19)20/h5,7,9H,6,8H2,1-4H3,(H,19,20). The first kappa shape index (κ1) is 16.7. The van der Waals surface area contributed by atoms with Crippen LogP contribution in [0.5, 0.6) is 0 Å². The highest BCUT2D eigenvalue weighted by molar-refractivity contribution is 9.10. The zero-order chi connectivity index (χ0) is 15.5. The molecule has 20 heavy (non-hydrogen) atoms. The van der Waals surface area contributed by atoms with Crippen LogP contribution in [0.3, 0.4) is 0 Å². The largest absolute Gasteiger partial charge is 0.480 e. The van der Waals surface area contributed by atoms with E-state index in [1.54, 1.807) is 0 Å². The van der Waals surface area contributed by atoms with E-state index >= 15 is 0 Å². The molecule has 0 aliphatic rings. The molecule has 0 saturated carbocycles. The SMILES string of the molecule is Cc1cc(CCC(=O)N(C)C(C)(C)C(=O)O)ccc1Br. The highest BCUT2D eigenvalue weighted by Gasteiger charge is 2.34. The van der Waals surface area contributed by atoms with Gasteiger partial charge in [0.25, 0.3) is 0 Å². The molecule has 5 heteroatoms. The summed E-state index contributed by atoms with van der Waals surface area (Å²) in [5, 5.41) is 9.11. The van der Waals surface area contributed by atoms with Gasteiger partial charge in [0.2, 0.25) is 5.91 Å². The molecule has 0 fully saturated rings. The van der Waals surface area contributed by atoms with E-state index in [2.05, 4.69) is 15.9 Å². The first-order valence-electron chi connectivity index (χ1n) is 6.41. The van der Waals surface area contributed by atoms with Crippen molar-refractivity contribution in [2.45, 2.75) is 39.2 Å². The normalized spacial score (nSPS) is 11.2. The van der Waals surface area contributed by atoms with Crippen LogP contribution < -0.4 is 0 Å². The maximum absolute atomic E-state index is 12.1. The van der Waals surface area contributed by atoms with Crippen molar-refractivity contribution in [2.24, 2.45) is 0 Å². The summed E-state index contributed by atoms with van der Waals surface area (Å²) in [6, 6.07) is 5.95. The number of carboxylic acids is 1. The van der Waals surface area contributed by atoms with Crippen LogP contribution >= 0.6 is 15.9 Å². The second-order valence-electron chi connectivity index (χ2n) is 5.40. The molecule has 4 nitrogen and oxygen atoms in total. The molecule has 0 aromatic heterocycles. The van der Waals surface area contributed by atoms with Crippen LogP contribution in [0.2, 0.25) is 0 Å². The Morgan fingerprint density at radius 2 is 1.95 bits per heavy atom. The Morgan fingerprint density at radius 3 is 2.45 bits per heavy atom. The van der Waals surface area contributed by atoms with Gasteiger partial charge in [0, 0.05) is 17.9 Å². The highest BCUT2D eigenvalue weighted by atomic mass is 79.9. The van der Waals surface area contributed by atoms with E-state index in [9.17, 15) is 9.59 Å². The lowest BCUT2D eigenvalue weighted by atomic mass is 10.0. The molecule has 0 heterocycles. The Balaban J connectivity index is 2.67. The van der Waals surface area contributed by atoms with Gasteiger partial charge in [-0.05, 0) is 44.4 Å². The molecule has 0 bridgehead atoms. The second-order valence-corrected chi connectivity index (χ2v) is 6.25. The number of aryl methyl sites for hydroxylation is 2. The number of halogens is 1. The quantitative estimate of drug-likeness (QED) is 0.895. The molecule has 1 amide bonds. The molecular formula is C15H20BrNO3. The first-order valence-corrected chi connectivity index (χ1v) is 7.20. The summed E-state index contributed by atoms with van der Waals surface area (Å²) in [5.74, 6) is -1.18. The topological polar surface area (TPSA) is 57.6 Å². The molecule has 0 saturated heterocycles. The van der Waals surface area contributed by atoms with Gasteiger partial charge in [0.1, 0.15) is 5.54 Å². The second kappa shape index (κ2) is 6.39. The third kappa shape index (κ3) is 3.82. The molecule has 0 spiro atoms. The molecule has 0 atom stereocenters. The smallest absolute Gasteiger partial charge is 0.329 e. The Bertz CT molecular complexity index is 526. The summed E-state index contributed by atoms with van der Waals surface area (Å²) in [7, 11) is 1.53. The highest BCUT2D eigenvalue weighted by Crippen LogP contribution is 2.19. The predicted molar refractivity (Wildman–Crippen MR) is 81.7 cm³/mol. The van der Waals surface area contributed by atoms with E-state index in [4.69, 9.17) is 5.11 Å². The summed E-state index contributed by atoms with van der Waals surface area (Å²) >= 11 is 3.43. The fourth-order valence-electron chi connectivity index (χ4n) is 1.74. The Labute approximate surface area is 127 Å². The van der Waals surface area contributed by atoms with Gasteiger partial charge in [-0.2, -0.15) is 0 Å². The molecule has 1 aromatic carbocycles. The third-order valence-electron chi connectivity index (χ3n) is 3.59. The van der Waals surface area contributed by atoms with E-state index in [1.807, 2.05) is 25.1 Å². The van der Waals surface area contributed by atoms with Crippen LogP contribution in [0.4, 0.5) is 0 Å². The van der Waals surface area contributed by atoms with Crippen molar-refractivity contribution >= 4 is 27.8 Å². The summed E-state index contributed by atoms with van der Waals surface area (Å²) < 4.78 is 1.04. The lowest BCUT2D eigenvalue weighted by molar-refractivity contribution is -0.155. The van der Waals surface area contributed by atoms with Crippen molar-refractivity contribution in [1.29, 1.82) is 0 Å². The van der Waals surface area contributed by atoms with Crippen LogP contribution in [0.15, 0.2) is 22.7 Å². The minimum atomic E-state index is -1.19. The number of amides is 1. The molecule has 0 aliphatic heterocycles. The van der Waals surface area contributed by atoms with Crippen LogP contribution in [-0.4, -0.2) is 34.5 Å². The third-order valence-corrected chi connectivity index (χ3v) is 4.48. The molecular weight excluding hydrogens is 322 g/mol. The number of hydrogen-bond acceptors (Lipinski definition) is 2. The average molecular weight is 342 g/mol. The summed E-state index contributed by atoms with van der Waals surface area (Å²) in [6.07, 6.45) is 0.904. The number of carbonyl (C=O) groups excluding carboxylic acids is 1. The predicted octanol–water partition coefficient (Wildman–Crippen LogP) is 3.01. The molecule has 0 aliphatic carbocycles. The minimum Gasteiger partial charge on any atom is -0.480 e. The van der Waals surface area contributed by atoms with E-state index in [0.717, 1.165) is 15.6 Å². The summed E-state index contributed by atoms with van der Waals surface area (Å²) in [4.78, 5) is 24.5. The van der Waals surface area contributed by atoms with Gasteiger partial charge in [-0.1, -0.05) is 28.1 Å². The van der Waals surface area contributed by atoms with Gasteiger partial charge in [0.15, 0.2) is 0 Å². The zero-order valence-electron chi connectivity index (χ0n) is 12.2. The number of carboxylic acid groups (broad SMARTS) is 1. The molecule has 110 valence electrons. The lowest BCUT2D eigenvalue weighted by Gasteiger charge is -2.31. The summed E-state index contributed by atoms with van der Waals surface area (Å²) in [6.45, 7) is 5.04. The minimum absolute atomic E-state index is 0.169. The van der Waals surface area contributed by atoms with E-state index in [1.165, 1.54) is 25.8 Å². The molecule has 0 radical (unpaired) electrons. The van der Waals surface area contributed by atoms with Gasteiger partial charge in [-0.3, -0.25) is 4.79 Å². The number of likely N-dealkylation sites (N-methyl/N-ethyl adjacent to an activating group) is 1. The Morgan fingerprint density at radius 1 is 1.35 bits per heavy atom. The molecule has 0 unspecified atom stereocenters. The number of benzene rings is 1. The average Bonchev–Trinajstić information content (AvgIpc) is 2.38. The number of hydrogen-bond donors (Lipinski definition) is 1. The number of carbonyl (C=O) groups is 2. The number of nitrogens with zero attached hydrogens (tertiary/aromatic N) is 1.